The molecule has 1 aromatic carbocycles. The van der Waals surface area contributed by atoms with Crippen LogP contribution in [0.3, 0.4) is 0 Å². The summed E-state index contributed by atoms with van der Waals surface area (Å²) in [5.41, 5.74) is 1.77. The number of thiophene rings is 1. The average molecular weight is 419 g/mol. The highest BCUT2D eigenvalue weighted by Gasteiger charge is 2.34. The SMILES string of the molecule is CCOC(=O)c1c(N[C@@H]2OC(=O)c3ccccc32)sc(C(=O)OCCOC)c1C. The maximum Gasteiger partial charge on any atom is 0.348 e. The standard InChI is InChI=1S/C20H21NO7S/c1-4-26-19(23)14-11(2)15(20(24)27-10-9-25-3)29-17(14)21-16-12-7-5-6-8-13(12)18(22)28-16/h5-8,16,21H,4,9-10H2,1-3H3/t16-/m1/s1. The molecule has 8 nitrogen and oxygen atoms in total. The molecule has 0 saturated heterocycles. The summed E-state index contributed by atoms with van der Waals surface area (Å²) >= 11 is 1.05. The highest BCUT2D eigenvalue weighted by molar-refractivity contribution is 7.18. The molecule has 0 radical (unpaired) electrons. The fraction of sp³-hybridized carbons (Fsp3) is 0.350. The summed E-state index contributed by atoms with van der Waals surface area (Å²) in [6.07, 6.45) is -0.776. The van der Waals surface area contributed by atoms with E-state index in [1.165, 1.54) is 7.11 Å². The van der Waals surface area contributed by atoms with E-state index in [0.29, 0.717) is 21.7 Å². The number of carbonyl (C=O) groups excluding carboxylic acids is 3. The number of fused-ring (bicyclic) bond motifs is 1. The molecule has 0 amide bonds. The van der Waals surface area contributed by atoms with Gasteiger partial charge in [-0.25, -0.2) is 14.4 Å². The van der Waals surface area contributed by atoms with Gasteiger partial charge in [0.15, 0.2) is 0 Å². The van der Waals surface area contributed by atoms with Gasteiger partial charge >= 0.3 is 17.9 Å². The lowest BCUT2D eigenvalue weighted by Gasteiger charge is -2.14. The van der Waals surface area contributed by atoms with Gasteiger partial charge in [-0.2, -0.15) is 0 Å². The van der Waals surface area contributed by atoms with E-state index in [1.54, 1.807) is 38.1 Å². The zero-order chi connectivity index (χ0) is 21.0. The number of methoxy groups -OCH3 is 1. The van der Waals surface area contributed by atoms with Crippen molar-refractivity contribution in [1.82, 2.24) is 0 Å². The third-order valence-corrected chi connectivity index (χ3v) is 5.49. The van der Waals surface area contributed by atoms with Gasteiger partial charge < -0.3 is 24.3 Å². The first-order chi connectivity index (χ1) is 14.0. The van der Waals surface area contributed by atoms with Crippen molar-refractivity contribution in [2.24, 2.45) is 0 Å². The number of ether oxygens (including phenoxy) is 4. The second-order valence-electron chi connectivity index (χ2n) is 6.13. The summed E-state index contributed by atoms with van der Waals surface area (Å²) in [5.74, 6) is -1.59. The Balaban J connectivity index is 1.93. The van der Waals surface area contributed by atoms with Gasteiger partial charge in [-0.15, -0.1) is 11.3 Å². The second-order valence-corrected chi connectivity index (χ2v) is 7.15. The molecule has 0 fully saturated rings. The van der Waals surface area contributed by atoms with Crippen molar-refractivity contribution in [2.45, 2.75) is 20.1 Å². The molecule has 1 aromatic heterocycles. The molecule has 0 bridgehead atoms. The Bertz CT molecular complexity index is 937. The number of cyclic esters (lactones) is 1. The molecule has 154 valence electrons. The van der Waals surface area contributed by atoms with Gasteiger partial charge in [-0.05, 0) is 25.5 Å². The monoisotopic (exact) mass is 419 g/mol. The lowest BCUT2D eigenvalue weighted by atomic mass is 10.1. The zero-order valence-electron chi connectivity index (χ0n) is 16.3. The van der Waals surface area contributed by atoms with Crippen LogP contribution in [0.5, 0.6) is 0 Å². The van der Waals surface area contributed by atoms with E-state index in [4.69, 9.17) is 18.9 Å². The number of nitrogens with one attached hydrogen (secondary N) is 1. The van der Waals surface area contributed by atoms with E-state index < -0.39 is 24.1 Å². The van der Waals surface area contributed by atoms with Crippen LogP contribution >= 0.6 is 11.3 Å². The Morgan fingerprint density at radius 3 is 2.66 bits per heavy atom. The van der Waals surface area contributed by atoms with Crippen LogP contribution in [0.1, 0.15) is 54.7 Å². The van der Waals surface area contributed by atoms with Crippen molar-refractivity contribution >= 4 is 34.2 Å². The number of hydrogen-bond donors (Lipinski definition) is 1. The maximum atomic E-state index is 12.5. The number of benzene rings is 1. The van der Waals surface area contributed by atoms with Crippen LogP contribution in [0.15, 0.2) is 24.3 Å². The molecule has 2 heterocycles. The molecule has 1 aliphatic rings. The first-order valence-corrected chi connectivity index (χ1v) is 9.82. The van der Waals surface area contributed by atoms with Crippen molar-refractivity contribution in [3.63, 3.8) is 0 Å². The van der Waals surface area contributed by atoms with E-state index in [2.05, 4.69) is 5.32 Å². The van der Waals surface area contributed by atoms with Crippen LogP contribution in [0.2, 0.25) is 0 Å². The number of esters is 3. The van der Waals surface area contributed by atoms with Crippen molar-refractivity contribution in [2.75, 3.05) is 32.2 Å². The molecule has 29 heavy (non-hydrogen) atoms. The van der Waals surface area contributed by atoms with E-state index in [9.17, 15) is 14.4 Å². The molecule has 1 aliphatic heterocycles. The fourth-order valence-electron chi connectivity index (χ4n) is 2.91. The Morgan fingerprint density at radius 1 is 1.17 bits per heavy atom. The first-order valence-electron chi connectivity index (χ1n) is 9.00. The summed E-state index contributed by atoms with van der Waals surface area (Å²) in [6.45, 7) is 3.89. The summed E-state index contributed by atoms with van der Waals surface area (Å²) in [4.78, 5) is 37.3. The Hall–Kier alpha value is -2.91. The van der Waals surface area contributed by atoms with Gasteiger partial charge in [0, 0.05) is 12.7 Å². The first kappa shape index (κ1) is 20.8. The predicted molar refractivity (Wildman–Crippen MR) is 105 cm³/mol. The quantitative estimate of drug-likeness (QED) is 0.395. The molecular weight excluding hydrogens is 398 g/mol. The van der Waals surface area contributed by atoms with Crippen LogP contribution in [-0.4, -0.2) is 44.8 Å². The summed E-state index contributed by atoms with van der Waals surface area (Å²) < 4.78 is 20.6. The third kappa shape index (κ3) is 4.25. The number of hydrogen-bond acceptors (Lipinski definition) is 9. The molecule has 0 saturated carbocycles. The van der Waals surface area contributed by atoms with E-state index in [-0.39, 0.29) is 30.3 Å². The van der Waals surface area contributed by atoms with Gasteiger partial charge in [0.05, 0.1) is 24.3 Å². The Kier molecular flexibility index (Phi) is 6.50. The lowest BCUT2D eigenvalue weighted by molar-refractivity contribution is 0.0391. The zero-order valence-corrected chi connectivity index (χ0v) is 17.1. The van der Waals surface area contributed by atoms with E-state index in [1.807, 2.05) is 0 Å². The van der Waals surface area contributed by atoms with Gasteiger partial charge in [0.2, 0.25) is 6.23 Å². The van der Waals surface area contributed by atoms with Crippen LogP contribution in [-0.2, 0) is 18.9 Å². The van der Waals surface area contributed by atoms with Crippen molar-refractivity contribution in [3.8, 4) is 0 Å². The number of carbonyl (C=O) groups is 3. The highest BCUT2D eigenvalue weighted by Crippen LogP contribution is 2.39. The minimum absolute atomic E-state index is 0.0950. The van der Waals surface area contributed by atoms with Crippen molar-refractivity contribution < 1.29 is 33.3 Å². The van der Waals surface area contributed by atoms with Gasteiger partial charge in [0.1, 0.15) is 16.5 Å². The van der Waals surface area contributed by atoms with Crippen molar-refractivity contribution in [3.05, 3.63) is 51.4 Å². The van der Waals surface area contributed by atoms with Gasteiger partial charge in [0.25, 0.3) is 0 Å². The largest absolute Gasteiger partial charge is 0.462 e. The molecule has 1 N–H and O–H groups in total. The average Bonchev–Trinajstić information content (AvgIpc) is 3.19. The summed E-state index contributed by atoms with van der Waals surface area (Å²) in [5, 5.41) is 3.43. The number of anilines is 1. The molecule has 9 heteroatoms. The van der Waals surface area contributed by atoms with Crippen molar-refractivity contribution in [1.29, 1.82) is 0 Å². The van der Waals surface area contributed by atoms with Crippen LogP contribution in [0.25, 0.3) is 0 Å². The van der Waals surface area contributed by atoms with Crippen LogP contribution in [0.4, 0.5) is 5.00 Å². The molecule has 0 spiro atoms. The smallest absolute Gasteiger partial charge is 0.348 e. The Morgan fingerprint density at radius 2 is 1.93 bits per heavy atom. The molecule has 0 aliphatic carbocycles. The van der Waals surface area contributed by atoms with Crippen LogP contribution in [0, 0.1) is 6.92 Å². The second kappa shape index (κ2) is 9.06. The topological polar surface area (TPSA) is 100 Å². The minimum Gasteiger partial charge on any atom is -0.462 e. The Labute approximate surface area is 171 Å². The normalized spacial score (nSPS) is 14.9. The summed E-state index contributed by atoms with van der Waals surface area (Å²) in [6, 6.07) is 6.97. The summed E-state index contributed by atoms with van der Waals surface area (Å²) in [7, 11) is 1.51. The molecule has 2 aromatic rings. The molecule has 0 unspecified atom stereocenters. The number of rotatable bonds is 8. The van der Waals surface area contributed by atoms with Gasteiger partial charge in [-0.1, -0.05) is 18.2 Å². The molecule has 3 rings (SSSR count). The van der Waals surface area contributed by atoms with Gasteiger partial charge in [-0.3, -0.25) is 0 Å². The highest BCUT2D eigenvalue weighted by atomic mass is 32.1. The van der Waals surface area contributed by atoms with Crippen LogP contribution < -0.4 is 5.32 Å². The third-order valence-electron chi connectivity index (χ3n) is 4.28. The fourth-order valence-corrected chi connectivity index (χ4v) is 4.02. The minimum atomic E-state index is -0.776. The van der Waals surface area contributed by atoms with E-state index >= 15 is 0 Å². The molecule has 1 atom stereocenters. The van der Waals surface area contributed by atoms with E-state index in [0.717, 1.165) is 11.3 Å². The molecular formula is C20H21NO7S. The predicted octanol–water partition coefficient (Wildman–Crippen LogP) is 3.32. The lowest BCUT2D eigenvalue weighted by Crippen LogP contribution is -2.14. The maximum absolute atomic E-state index is 12.5.